The van der Waals surface area contributed by atoms with E-state index in [1.807, 2.05) is 24.6 Å². The molecule has 1 saturated heterocycles. The van der Waals surface area contributed by atoms with Crippen molar-refractivity contribution >= 4 is 41.5 Å². The van der Waals surface area contributed by atoms with Gasteiger partial charge in [-0.1, -0.05) is 30.5 Å². The van der Waals surface area contributed by atoms with Gasteiger partial charge in [0.15, 0.2) is 11.8 Å². The predicted octanol–water partition coefficient (Wildman–Crippen LogP) is 3.96. The Morgan fingerprint density at radius 2 is 1.94 bits per heavy atom. The van der Waals surface area contributed by atoms with E-state index in [1.165, 1.54) is 12.8 Å². The Bertz CT molecular complexity index is 944. The van der Waals surface area contributed by atoms with Crippen LogP contribution >= 0.6 is 35.6 Å². The highest BCUT2D eigenvalue weighted by Gasteiger charge is 2.34. The molecule has 32 heavy (non-hydrogen) atoms. The Kier molecular flexibility index (Phi) is 8.74. The molecule has 1 aliphatic heterocycles. The molecule has 0 bridgehead atoms. The van der Waals surface area contributed by atoms with Crippen molar-refractivity contribution < 1.29 is 4.39 Å². The van der Waals surface area contributed by atoms with Gasteiger partial charge in [0, 0.05) is 25.7 Å². The molecule has 0 spiro atoms. The van der Waals surface area contributed by atoms with Gasteiger partial charge in [-0.2, -0.15) is 0 Å². The molecule has 1 aliphatic carbocycles. The summed E-state index contributed by atoms with van der Waals surface area (Å²) in [6.07, 6.45) is 5.73. The van der Waals surface area contributed by atoms with Gasteiger partial charge in [-0.3, -0.25) is 4.90 Å². The van der Waals surface area contributed by atoms with Crippen molar-refractivity contribution in [3.05, 3.63) is 46.3 Å². The number of benzene rings is 1. The monoisotopic (exact) mass is 575 g/mol. The van der Waals surface area contributed by atoms with Gasteiger partial charge in [0.2, 0.25) is 0 Å². The van der Waals surface area contributed by atoms with Gasteiger partial charge in [0.25, 0.3) is 0 Å². The van der Waals surface area contributed by atoms with Crippen LogP contribution in [0.2, 0.25) is 5.02 Å². The lowest BCUT2D eigenvalue weighted by atomic mass is 10.00. The zero-order chi connectivity index (χ0) is 22.0. The number of rotatable bonds is 5. The van der Waals surface area contributed by atoms with Crippen molar-refractivity contribution in [3.8, 4) is 0 Å². The summed E-state index contributed by atoms with van der Waals surface area (Å²) in [5, 5.41) is 15.8. The van der Waals surface area contributed by atoms with E-state index >= 15 is 0 Å². The van der Waals surface area contributed by atoms with Gasteiger partial charge in [-0.05, 0) is 50.9 Å². The first kappa shape index (κ1) is 25.2. The van der Waals surface area contributed by atoms with Crippen LogP contribution in [0, 0.1) is 12.7 Å². The van der Waals surface area contributed by atoms with Crippen LogP contribution in [0.3, 0.4) is 0 Å². The second-order valence-electron chi connectivity index (χ2n) is 8.65. The van der Waals surface area contributed by atoms with Crippen LogP contribution < -0.4 is 10.6 Å². The number of aromatic nitrogens is 3. The number of halogens is 3. The molecule has 2 fully saturated rings. The molecule has 2 unspecified atom stereocenters. The zero-order valence-electron chi connectivity index (χ0n) is 18.8. The number of likely N-dealkylation sites (N-methyl/N-ethyl adjacent to an activating group) is 1. The molecule has 176 valence electrons. The van der Waals surface area contributed by atoms with Crippen LogP contribution in [0.15, 0.2) is 23.2 Å². The molecule has 4 rings (SSSR count). The van der Waals surface area contributed by atoms with E-state index in [9.17, 15) is 4.39 Å². The number of hydrogen-bond donors (Lipinski definition) is 2. The van der Waals surface area contributed by atoms with Gasteiger partial charge in [0.05, 0.1) is 11.1 Å². The maximum Gasteiger partial charge on any atom is 0.192 e. The summed E-state index contributed by atoms with van der Waals surface area (Å²) >= 11 is 5.91. The van der Waals surface area contributed by atoms with E-state index in [-0.39, 0.29) is 46.9 Å². The van der Waals surface area contributed by atoms with E-state index < -0.39 is 0 Å². The Morgan fingerprint density at radius 1 is 1.19 bits per heavy atom. The molecule has 2 aromatic rings. The fourth-order valence-electron chi connectivity index (χ4n) is 4.59. The van der Waals surface area contributed by atoms with Crippen molar-refractivity contribution in [2.45, 2.75) is 63.7 Å². The van der Waals surface area contributed by atoms with Gasteiger partial charge in [-0.25, -0.2) is 9.38 Å². The van der Waals surface area contributed by atoms with E-state index in [4.69, 9.17) is 16.6 Å². The van der Waals surface area contributed by atoms with Crippen molar-refractivity contribution in [2.24, 2.45) is 12.0 Å². The number of aryl methyl sites for hydroxylation is 1. The maximum atomic E-state index is 14.1. The molecule has 0 amide bonds. The first-order valence-electron chi connectivity index (χ1n) is 11.0. The summed E-state index contributed by atoms with van der Waals surface area (Å²) in [4.78, 5) is 7.09. The molecule has 10 heteroatoms. The first-order chi connectivity index (χ1) is 14.9. The Morgan fingerprint density at radius 3 is 2.59 bits per heavy atom. The normalized spacial score (nSPS) is 22.2. The summed E-state index contributed by atoms with van der Waals surface area (Å²) in [5.74, 6) is 2.09. The summed E-state index contributed by atoms with van der Waals surface area (Å²) in [7, 11) is 4.02. The van der Waals surface area contributed by atoms with Crippen molar-refractivity contribution in [1.29, 1.82) is 0 Å². The maximum absolute atomic E-state index is 14.1. The minimum atomic E-state index is -0.381. The number of likely N-dealkylation sites (tertiary alicyclic amines) is 1. The van der Waals surface area contributed by atoms with Gasteiger partial charge >= 0.3 is 0 Å². The number of nitrogens with zero attached hydrogens (tertiary/aromatic N) is 5. The van der Waals surface area contributed by atoms with Crippen LogP contribution in [0.4, 0.5) is 4.39 Å². The average Bonchev–Trinajstić information content (AvgIpc) is 3.46. The first-order valence-corrected chi connectivity index (χ1v) is 11.4. The quantitative estimate of drug-likeness (QED) is 0.321. The minimum absolute atomic E-state index is 0. The standard InChI is InChI=1S/C22H31ClFN7.HI/c1-14-28-29-20(31(14)3)13-25-22(26-16-6-4-5-7-16)27-19-10-11-30(2)21(19)15-8-9-17(23)18(24)12-15;/h8-9,12,16,19,21H,4-7,10-11,13H2,1-3H3,(H2,25,26,27);1H. The molecule has 2 N–H and O–H groups in total. The molecule has 1 aromatic heterocycles. The molecule has 2 atom stereocenters. The number of hydrogen-bond acceptors (Lipinski definition) is 4. The Balaban J connectivity index is 0.00000289. The number of guanidine groups is 1. The Labute approximate surface area is 211 Å². The third-order valence-corrected chi connectivity index (χ3v) is 6.82. The van der Waals surface area contributed by atoms with E-state index in [0.29, 0.717) is 12.6 Å². The molecule has 2 heterocycles. The predicted molar refractivity (Wildman–Crippen MR) is 136 cm³/mol. The van der Waals surface area contributed by atoms with E-state index in [1.54, 1.807) is 12.1 Å². The lowest BCUT2D eigenvalue weighted by molar-refractivity contribution is 0.295. The highest BCUT2D eigenvalue weighted by molar-refractivity contribution is 14.0. The molecule has 1 aromatic carbocycles. The van der Waals surface area contributed by atoms with Gasteiger partial charge in [0.1, 0.15) is 18.2 Å². The van der Waals surface area contributed by atoms with Crippen LogP contribution in [0.5, 0.6) is 0 Å². The third-order valence-electron chi connectivity index (χ3n) is 6.51. The van der Waals surface area contributed by atoms with E-state index in [2.05, 4.69) is 32.8 Å². The summed E-state index contributed by atoms with van der Waals surface area (Å²) < 4.78 is 16.1. The number of aliphatic imine (C=N–C) groups is 1. The van der Waals surface area contributed by atoms with Crippen molar-refractivity contribution in [3.63, 3.8) is 0 Å². The largest absolute Gasteiger partial charge is 0.354 e. The van der Waals surface area contributed by atoms with Crippen LogP contribution in [-0.4, -0.2) is 51.3 Å². The fourth-order valence-corrected chi connectivity index (χ4v) is 4.71. The molecule has 0 radical (unpaired) electrons. The fraction of sp³-hybridized carbons (Fsp3) is 0.591. The third kappa shape index (κ3) is 5.72. The molecular weight excluding hydrogens is 544 g/mol. The zero-order valence-corrected chi connectivity index (χ0v) is 21.9. The lowest BCUT2D eigenvalue weighted by Gasteiger charge is -2.28. The summed E-state index contributed by atoms with van der Waals surface area (Å²) in [6, 6.07) is 5.68. The van der Waals surface area contributed by atoms with Crippen LogP contribution in [0.1, 0.15) is 55.4 Å². The summed E-state index contributed by atoms with van der Waals surface area (Å²) in [5.41, 5.74) is 0.920. The molecule has 2 aliphatic rings. The van der Waals surface area contributed by atoms with Gasteiger partial charge < -0.3 is 15.2 Å². The topological polar surface area (TPSA) is 70.4 Å². The summed E-state index contributed by atoms with van der Waals surface area (Å²) in [6.45, 7) is 3.30. The van der Waals surface area contributed by atoms with Crippen LogP contribution in [-0.2, 0) is 13.6 Å². The van der Waals surface area contributed by atoms with Crippen LogP contribution in [0.25, 0.3) is 0 Å². The molecule has 1 saturated carbocycles. The Hall–Kier alpha value is -1.46. The van der Waals surface area contributed by atoms with E-state index in [0.717, 1.165) is 49.0 Å². The highest BCUT2D eigenvalue weighted by Crippen LogP contribution is 2.32. The lowest BCUT2D eigenvalue weighted by Crippen LogP contribution is -2.48. The SMILES string of the molecule is Cc1nnc(CN=C(NC2CCCC2)NC2CCN(C)C2c2ccc(Cl)c(F)c2)n1C.I. The molecule has 7 nitrogen and oxygen atoms in total. The number of nitrogens with one attached hydrogen (secondary N) is 2. The van der Waals surface area contributed by atoms with Gasteiger partial charge in [-0.15, -0.1) is 34.2 Å². The smallest absolute Gasteiger partial charge is 0.192 e. The van der Waals surface area contributed by atoms with Crippen molar-refractivity contribution in [2.75, 3.05) is 13.6 Å². The van der Waals surface area contributed by atoms with Crippen molar-refractivity contribution in [1.82, 2.24) is 30.3 Å². The molecular formula is C22H32ClFIN7. The minimum Gasteiger partial charge on any atom is -0.354 e. The second kappa shape index (κ2) is 11.1. The second-order valence-corrected chi connectivity index (χ2v) is 9.06. The highest BCUT2D eigenvalue weighted by atomic mass is 127. The average molecular weight is 576 g/mol.